The molecule has 1 N–H and O–H groups in total. The molecular weight excluding hydrogens is 391 g/mol. The van der Waals surface area contributed by atoms with Crippen molar-refractivity contribution >= 4 is 12.0 Å². The zero-order valence-corrected chi connectivity index (χ0v) is 17.1. The molecule has 0 unspecified atom stereocenters. The fourth-order valence-corrected chi connectivity index (χ4v) is 4.27. The second-order valence-corrected chi connectivity index (χ2v) is 8.23. The van der Waals surface area contributed by atoms with Gasteiger partial charge in [-0.1, -0.05) is 42.0 Å². The Kier molecular flexibility index (Phi) is 6.66. The summed E-state index contributed by atoms with van der Waals surface area (Å²) in [4.78, 5) is 13.3. The van der Waals surface area contributed by atoms with Gasteiger partial charge in [0.25, 0.3) is 0 Å². The highest BCUT2D eigenvalue weighted by atomic mass is 19.4. The topological polar surface area (TPSA) is 40.5 Å². The molecule has 3 nitrogen and oxygen atoms in total. The van der Waals surface area contributed by atoms with E-state index in [1.807, 2.05) is 26.2 Å². The van der Waals surface area contributed by atoms with E-state index in [0.29, 0.717) is 12.0 Å². The van der Waals surface area contributed by atoms with Crippen molar-refractivity contribution in [1.29, 1.82) is 0 Å². The first-order valence-electron chi connectivity index (χ1n) is 9.98. The molecule has 0 bridgehead atoms. The van der Waals surface area contributed by atoms with E-state index in [2.05, 4.69) is 4.90 Å². The highest BCUT2D eigenvalue weighted by Gasteiger charge is 2.33. The zero-order chi connectivity index (χ0) is 21.9. The second-order valence-electron chi connectivity index (χ2n) is 8.23. The molecule has 0 aromatic heterocycles. The molecule has 0 spiro atoms. The lowest BCUT2D eigenvalue weighted by atomic mass is 9.72. The SMILES string of the molecule is CN(C)C[C@H]1CCC(=Cc2cccc(C(=O)O)c2)C[C@@H]1c1cccc(C(F)(F)F)c1. The van der Waals surface area contributed by atoms with Crippen molar-refractivity contribution in [3.63, 3.8) is 0 Å². The van der Waals surface area contributed by atoms with E-state index in [-0.39, 0.29) is 17.4 Å². The van der Waals surface area contributed by atoms with Crippen LogP contribution in [-0.4, -0.2) is 36.6 Å². The van der Waals surface area contributed by atoms with Gasteiger partial charge in [-0.25, -0.2) is 4.79 Å². The third-order valence-electron chi connectivity index (χ3n) is 5.63. The van der Waals surface area contributed by atoms with Crippen molar-refractivity contribution in [3.05, 3.63) is 76.4 Å². The maximum absolute atomic E-state index is 13.2. The molecule has 0 aliphatic heterocycles. The summed E-state index contributed by atoms with van der Waals surface area (Å²) in [6.07, 6.45) is 0.0164. The van der Waals surface area contributed by atoms with Crippen molar-refractivity contribution in [3.8, 4) is 0 Å². The molecule has 3 rings (SSSR count). The van der Waals surface area contributed by atoms with Gasteiger partial charge in [-0.05, 0) is 74.5 Å². The lowest BCUT2D eigenvalue weighted by Crippen LogP contribution is -2.29. The largest absolute Gasteiger partial charge is 0.478 e. The number of aromatic carboxylic acids is 1. The maximum atomic E-state index is 13.2. The first-order chi connectivity index (χ1) is 14.1. The summed E-state index contributed by atoms with van der Waals surface area (Å²) in [5.41, 5.74) is 2.25. The van der Waals surface area contributed by atoms with Gasteiger partial charge in [0.15, 0.2) is 0 Å². The number of carbonyl (C=O) groups is 1. The summed E-state index contributed by atoms with van der Waals surface area (Å²) >= 11 is 0. The van der Waals surface area contributed by atoms with Crippen LogP contribution in [0.4, 0.5) is 13.2 Å². The zero-order valence-electron chi connectivity index (χ0n) is 17.1. The van der Waals surface area contributed by atoms with Crippen LogP contribution in [0, 0.1) is 5.92 Å². The van der Waals surface area contributed by atoms with E-state index < -0.39 is 17.7 Å². The average molecular weight is 417 g/mol. The second kappa shape index (κ2) is 9.04. The van der Waals surface area contributed by atoms with Crippen LogP contribution in [0.25, 0.3) is 6.08 Å². The van der Waals surface area contributed by atoms with Gasteiger partial charge in [0.2, 0.25) is 0 Å². The predicted octanol–water partition coefficient (Wildman–Crippen LogP) is 5.93. The molecule has 0 radical (unpaired) electrons. The molecule has 2 atom stereocenters. The molecule has 30 heavy (non-hydrogen) atoms. The fourth-order valence-electron chi connectivity index (χ4n) is 4.27. The molecule has 6 heteroatoms. The molecule has 0 amide bonds. The normalized spacial score (nSPS) is 21.2. The molecule has 2 aromatic rings. The molecule has 0 saturated heterocycles. The minimum absolute atomic E-state index is 0.0163. The van der Waals surface area contributed by atoms with Crippen LogP contribution in [0.1, 0.15) is 52.2 Å². The monoisotopic (exact) mass is 417 g/mol. The number of carboxylic acid groups (broad SMARTS) is 1. The van der Waals surface area contributed by atoms with Gasteiger partial charge >= 0.3 is 12.1 Å². The molecule has 1 aliphatic carbocycles. The van der Waals surface area contributed by atoms with Gasteiger partial charge in [0.05, 0.1) is 11.1 Å². The number of hydrogen-bond acceptors (Lipinski definition) is 2. The van der Waals surface area contributed by atoms with Gasteiger partial charge < -0.3 is 10.0 Å². The Labute approximate surface area is 174 Å². The Balaban J connectivity index is 1.92. The van der Waals surface area contributed by atoms with Crippen molar-refractivity contribution in [2.75, 3.05) is 20.6 Å². The number of carboxylic acids is 1. The van der Waals surface area contributed by atoms with E-state index in [4.69, 9.17) is 0 Å². The van der Waals surface area contributed by atoms with E-state index in [1.165, 1.54) is 12.1 Å². The number of allylic oxidation sites excluding steroid dienone is 1. The quantitative estimate of drug-likeness (QED) is 0.655. The number of halogens is 3. The van der Waals surface area contributed by atoms with Crippen LogP contribution in [0.2, 0.25) is 0 Å². The average Bonchev–Trinajstić information content (AvgIpc) is 2.68. The Hall–Kier alpha value is -2.60. The van der Waals surface area contributed by atoms with E-state index >= 15 is 0 Å². The van der Waals surface area contributed by atoms with Crippen LogP contribution in [-0.2, 0) is 6.18 Å². The summed E-state index contributed by atoms with van der Waals surface area (Å²) in [5.74, 6) is -0.741. The third-order valence-corrected chi connectivity index (χ3v) is 5.63. The van der Waals surface area contributed by atoms with Gasteiger partial charge in [-0.2, -0.15) is 13.2 Å². The Morgan fingerprint density at radius 3 is 2.57 bits per heavy atom. The maximum Gasteiger partial charge on any atom is 0.416 e. The van der Waals surface area contributed by atoms with E-state index in [9.17, 15) is 23.1 Å². The first-order valence-corrected chi connectivity index (χ1v) is 9.98. The molecule has 0 heterocycles. The molecule has 2 aromatic carbocycles. The summed E-state index contributed by atoms with van der Waals surface area (Å²) < 4.78 is 39.7. The number of nitrogens with zero attached hydrogens (tertiary/aromatic N) is 1. The minimum Gasteiger partial charge on any atom is -0.478 e. The Morgan fingerprint density at radius 1 is 1.17 bits per heavy atom. The van der Waals surface area contributed by atoms with Crippen molar-refractivity contribution < 1.29 is 23.1 Å². The van der Waals surface area contributed by atoms with Gasteiger partial charge in [-0.15, -0.1) is 0 Å². The summed E-state index contributed by atoms with van der Waals surface area (Å²) in [6, 6.07) is 12.4. The molecular formula is C24H26F3NO2. The summed E-state index contributed by atoms with van der Waals surface area (Å²) in [7, 11) is 3.96. The van der Waals surface area contributed by atoms with Gasteiger partial charge in [0, 0.05) is 6.54 Å². The van der Waals surface area contributed by atoms with Crippen LogP contribution in [0.15, 0.2) is 54.1 Å². The standard InChI is InChI=1S/C24H26F3NO2/c1-28(2)15-20-10-9-17(11-16-5-3-7-19(12-16)23(29)30)13-22(20)18-6-4-8-21(14-18)24(25,26)27/h3-8,11-12,14,20,22H,9-10,13,15H2,1-2H3,(H,29,30)/t20-,22-/m1/s1. The number of hydrogen-bond donors (Lipinski definition) is 1. The smallest absolute Gasteiger partial charge is 0.416 e. The summed E-state index contributed by atoms with van der Waals surface area (Å²) in [5, 5.41) is 9.20. The first kappa shape index (κ1) is 22.1. The van der Waals surface area contributed by atoms with E-state index in [1.54, 1.807) is 24.3 Å². The van der Waals surface area contributed by atoms with Crippen molar-refractivity contribution in [1.82, 2.24) is 4.90 Å². The Bertz CT molecular complexity index is 934. The third kappa shape index (κ3) is 5.51. The molecule has 1 fully saturated rings. The number of alkyl halides is 3. The number of benzene rings is 2. The lowest BCUT2D eigenvalue weighted by molar-refractivity contribution is -0.137. The molecule has 1 aliphatic rings. The lowest BCUT2D eigenvalue weighted by Gasteiger charge is -2.35. The number of rotatable bonds is 5. The van der Waals surface area contributed by atoms with E-state index in [0.717, 1.165) is 36.6 Å². The molecule has 1 saturated carbocycles. The minimum atomic E-state index is -4.36. The van der Waals surface area contributed by atoms with Crippen LogP contribution < -0.4 is 0 Å². The Morgan fingerprint density at radius 2 is 1.90 bits per heavy atom. The van der Waals surface area contributed by atoms with Crippen LogP contribution >= 0.6 is 0 Å². The van der Waals surface area contributed by atoms with Crippen molar-refractivity contribution in [2.45, 2.75) is 31.4 Å². The predicted molar refractivity (Wildman–Crippen MR) is 111 cm³/mol. The van der Waals surface area contributed by atoms with Crippen LogP contribution in [0.5, 0.6) is 0 Å². The highest BCUT2D eigenvalue weighted by molar-refractivity contribution is 5.88. The fraction of sp³-hybridized carbons (Fsp3) is 0.375. The highest BCUT2D eigenvalue weighted by Crippen LogP contribution is 2.42. The van der Waals surface area contributed by atoms with Crippen molar-refractivity contribution in [2.24, 2.45) is 5.92 Å². The van der Waals surface area contributed by atoms with Crippen LogP contribution in [0.3, 0.4) is 0 Å². The molecule has 160 valence electrons. The van der Waals surface area contributed by atoms with Gasteiger partial charge in [0.1, 0.15) is 0 Å². The van der Waals surface area contributed by atoms with Gasteiger partial charge in [-0.3, -0.25) is 0 Å². The summed E-state index contributed by atoms with van der Waals surface area (Å²) in [6.45, 7) is 0.808.